The van der Waals surface area contributed by atoms with Crippen molar-refractivity contribution in [1.82, 2.24) is 9.78 Å². The molecule has 2 aromatic carbocycles. The molecule has 0 saturated carbocycles. The minimum atomic E-state index is -0.00580. The van der Waals surface area contributed by atoms with Crippen molar-refractivity contribution in [3.05, 3.63) is 70.5 Å². The average molecular weight is 384 g/mol. The number of halogens is 1. The summed E-state index contributed by atoms with van der Waals surface area (Å²) in [4.78, 5) is 16.0. The Morgan fingerprint density at radius 3 is 2.58 bits per heavy atom. The van der Waals surface area contributed by atoms with Crippen LogP contribution in [0.4, 0.5) is 5.69 Å². The van der Waals surface area contributed by atoms with Gasteiger partial charge in [-0.2, -0.15) is 5.10 Å². The lowest BCUT2D eigenvalue weighted by molar-refractivity contribution is 0.0987. The molecule has 1 aromatic heterocycles. The summed E-state index contributed by atoms with van der Waals surface area (Å²) >= 11 is 7.89. The number of thioether (sulfide) groups is 1. The molecular formula is C20H18ClN3OS. The van der Waals surface area contributed by atoms with Crippen LogP contribution in [0.15, 0.2) is 53.4 Å². The highest BCUT2D eigenvalue weighted by atomic mass is 35.5. The number of rotatable bonds is 2. The number of aryl methyl sites for hydroxylation is 2. The molecule has 0 unspecified atom stereocenters. The van der Waals surface area contributed by atoms with Crippen LogP contribution in [0.1, 0.15) is 21.7 Å². The van der Waals surface area contributed by atoms with Crippen LogP contribution >= 0.6 is 23.4 Å². The molecule has 2 heterocycles. The maximum Gasteiger partial charge on any atom is 0.258 e. The maximum absolute atomic E-state index is 13.0. The molecule has 0 bridgehead atoms. The van der Waals surface area contributed by atoms with E-state index in [4.69, 9.17) is 11.6 Å². The zero-order valence-electron chi connectivity index (χ0n) is 14.6. The maximum atomic E-state index is 13.0. The van der Waals surface area contributed by atoms with Crippen molar-refractivity contribution in [2.24, 2.45) is 0 Å². The Hall–Kier alpha value is -2.24. The number of aromatic nitrogens is 2. The van der Waals surface area contributed by atoms with Crippen LogP contribution < -0.4 is 4.90 Å². The SMILES string of the molecule is Cc1cc(C)n(-c2ccc(C(=O)N3CCSc4ccc(Cl)cc43)cc2)n1. The summed E-state index contributed by atoms with van der Waals surface area (Å²) in [5.41, 5.74) is 4.54. The highest BCUT2D eigenvalue weighted by Gasteiger charge is 2.24. The van der Waals surface area contributed by atoms with Crippen LogP contribution in [0.25, 0.3) is 5.69 Å². The molecule has 0 aliphatic carbocycles. The van der Waals surface area contributed by atoms with Crippen LogP contribution in [0, 0.1) is 13.8 Å². The zero-order valence-corrected chi connectivity index (χ0v) is 16.1. The highest BCUT2D eigenvalue weighted by Crippen LogP contribution is 2.37. The Morgan fingerprint density at radius 2 is 1.88 bits per heavy atom. The molecule has 0 N–H and O–H groups in total. The van der Waals surface area contributed by atoms with E-state index in [1.54, 1.807) is 11.8 Å². The fraction of sp³-hybridized carbons (Fsp3) is 0.200. The summed E-state index contributed by atoms with van der Waals surface area (Å²) in [6.07, 6.45) is 0. The van der Waals surface area contributed by atoms with Crippen molar-refractivity contribution < 1.29 is 4.79 Å². The summed E-state index contributed by atoms with van der Waals surface area (Å²) in [6.45, 7) is 4.67. The normalized spacial score (nSPS) is 13.6. The number of amides is 1. The predicted octanol–water partition coefficient (Wildman–Crippen LogP) is 4.90. The standard InChI is InChI=1S/C20H18ClN3OS/c1-13-11-14(2)24(22-13)17-6-3-15(4-7-17)20(25)23-9-10-26-19-8-5-16(21)12-18(19)23/h3-8,11-12H,9-10H2,1-2H3. The van der Waals surface area contributed by atoms with Crippen molar-refractivity contribution in [1.29, 1.82) is 0 Å². The second-order valence-electron chi connectivity index (χ2n) is 6.30. The van der Waals surface area contributed by atoms with E-state index in [1.807, 2.05) is 72.0 Å². The number of benzene rings is 2. The highest BCUT2D eigenvalue weighted by molar-refractivity contribution is 7.99. The third kappa shape index (κ3) is 3.13. The molecule has 1 amide bonds. The molecule has 132 valence electrons. The van der Waals surface area contributed by atoms with Gasteiger partial charge in [-0.3, -0.25) is 4.79 Å². The molecule has 0 radical (unpaired) electrons. The van der Waals surface area contributed by atoms with Gasteiger partial charge >= 0.3 is 0 Å². The first-order chi connectivity index (χ1) is 12.5. The van der Waals surface area contributed by atoms with Crippen molar-refractivity contribution >= 4 is 35.0 Å². The molecule has 1 aliphatic heterocycles. The smallest absolute Gasteiger partial charge is 0.258 e. The molecule has 0 saturated heterocycles. The van der Waals surface area contributed by atoms with Gasteiger partial charge in [-0.1, -0.05) is 11.6 Å². The summed E-state index contributed by atoms with van der Waals surface area (Å²) < 4.78 is 1.89. The van der Waals surface area contributed by atoms with Crippen molar-refractivity contribution in [3.63, 3.8) is 0 Å². The number of anilines is 1. The van der Waals surface area contributed by atoms with Crippen LogP contribution in [-0.2, 0) is 0 Å². The Kier molecular flexibility index (Phi) is 4.51. The van der Waals surface area contributed by atoms with E-state index in [-0.39, 0.29) is 5.91 Å². The quantitative estimate of drug-likeness (QED) is 0.632. The molecule has 26 heavy (non-hydrogen) atoms. The fourth-order valence-corrected chi connectivity index (χ4v) is 4.33. The van der Waals surface area contributed by atoms with E-state index in [2.05, 4.69) is 5.10 Å². The third-order valence-electron chi connectivity index (χ3n) is 4.40. The lowest BCUT2D eigenvalue weighted by Crippen LogP contribution is -2.35. The molecule has 4 nitrogen and oxygen atoms in total. The molecule has 0 atom stereocenters. The van der Waals surface area contributed by atoms with E-state index in [9.17, 15) is 4.79 Å². The minimum absolute atomic E-state index is 0.00580. The lowest BCUT2D eigenvalue weighted by Gasteiger charge is -2.29. The second-order valence-corrected chi connectivity index (χ2v) is 7.88. The van der Waals surface area contributed by atoms with Gasteiger partial charge < -0.3 is 4.90 Å². The Balaban J connectivity index is 1.64. The lowest BCUT2D eigenvalue weighted by atomic mass is 10.1. The second kappa shape index (κ2) is 6.82. The first-order valence-electron chi connectivity index (χ1n) is 8.41. The van der Waals surface area contributed by atoms with Gasteiger partial charge in [0, 0.05) is 33.5 Å². The number of carbonyl (C=O) groups excluding carboxylic acids is 1. The molecule has 3 aromatic rings. The molecule has 6 heteroatoms. The van der Waals surface area contributed by atoms with E-state index in [0.29, 0.717) is 17.1 Å². The van der Waals surface area contributed by atoms with Crippen molar-refractivity contribution in [3.8, 4) is 5.69 Å². The molecular weight excluding hydrogens is 366 g/mol. The van der Waals surface area contributed by atoms with E-state index in [1.165, 1.54) is 0 Å². The number of nitrogens with zero attached hydrogens (tertiary/aromatic N) is 3. The van der Waals surface area contributed by atoms with Crippen LogP contribution in [0.5, 0.6) is 0 Å². The number of carbonyl (C=O) groups is 1. The number of hydrogen-bond donors (Lipinski definition) is 0. The molecule has 0 fully saturated rings. The van der Waals surface area contributed by atoms with Gasteiger partial charge in [0.15, 0.2) is 0 Å². The van der Waals surface area contributed by atoms with Gasteiger partial charge in [-0.15, -0.1) is 11.8 Å². The monoisotopic (exact) mass is 383 g/mol. The summed E-state index contributed by atoms with van der Waals surface area (Å²) in [5.74, 6) is 0.873. The van der Waals surface area contributed by atoms with Gasteiger partial charge in [0.2, 0.25) is 0 Å². The minimum Gasteiger partial charge on any atom is -0.306 e. The van der Waals surface area contributed by atoms with Gasteiger partial charge in [0.25, 0.3) is 5.91 Å². The topological polar surface area (TPSA) is 38.1 Å². The van der Waals surface area contributed by atoms with E-state index < -0.39 is 0 Å². The summed E-state index contributed by atoms with van der Waals surface area (Å²) in [7, 11) is 0. The molecule has 4 rings (SSSR count). The van der Waals surface area contributed by atoms with Crippen LogP contribution in [0.2, 0.25) is 5.02 Å². The summed E-state index contributed by atoms with van der Waals surface area (Å²) in [6, 6.07) is 15.3. The Bertz CT molecular complexity index is 981. The summed E-state index contributed by atoms with van der Waals surface area (Å²) in [5, 5.41) is 5.13. The van der Waals surface area contributed by atoms with Crippen LogP contribution in [-0.4, -0.2) is 28.0 Å². The van der Waals surface area contributed by atoms with Gasteiger partial charge in [0.05, 0.1) is 17.1 Å². The largest absolute Gasteiger partial charge is 0.306 e. The van der Waals surface area contributed by atoms with Gasteiger partial charge in [0.1, 0.15) is 0 Å². The fourth-order valence-electron chi connectivity index (χ4n) is 3.19. The first kappa shape index (κ1) is 17.2. The van der Waals surface area contributed by atoms with Gasteiger partial charge in [-0.25, -0.2) is 4.68 Å². The zero-order chi connectivity index (χ0) is 18.3. The Labute approximate surface area is 161 Å². The molecule has 0 spiro atoms. The number of hydrogen-bond acceptors (Lipinski definition) is 3. The van der Waals surface area contributed by atoms with Crippen LogP contribution in [0.3, 0.4) is 0 Å². The first-order valence-corrected chi connectivity index (χ1v) is 9.77. The Morgan fingerprint density at radius 1 is 1.12 bits per heavy atom. The van der Waals surface area contributed by atoms with Crippen molar-refractivity contribution in [2.75, 3.05) is 17.2 Å². The number of fused-ring (bicyclic) bond motifs is 1. The van der Waals surface area contributed by atoms with E-state index >= 15 is 0 Å². The third-order valence-corrected chi connectivity index (χ3v) is 5.68. The average Bonchev–Trinajstić information content (AvgIpc) is 2.99. The van der Waals surface area contributed by atoms with Gasteiger partial charge in [-0.05, 0) is 62.4 Å². The molecule has 1 aliphatic rings. The van der Waals surface area contributed by atoms with Crippen molar-refractivity contribution in [2.45, 2.75) is 18.7 Å². The van der Waals surface area contributed by atoms with E-state index in [0.717, 1.165) is 33.4 Å². The predicted molar refractivity (Wildman–Crippen MR) is 107 cm³/mol.